The molecule has 9 heteroatoms. The summed E-state index contributed by atoms with van der Waals surface area (Å²) in [6.45, 7) is -0.364. The van der Waals surface area contributed by atoms with Crippen molar-refractivity contribution in [2.45, 2.75) is 6.54 Å². The number of carbonyl (C=O) groups is 2. The number of fused-ring (bicyclic) bond motifs is 1. The summed E-state index contributed by atoms with van der Waals surface area (Å²) in [5.41, 5.74) is 0.959. The molecule has 2 amide bonds. The molecule has 0 bridgehead atoms. The fraction of sp³-hybridized carbons (Fsp3) is 0.200. The molecule has 0 aliphatic carbocycles. The highest BCUT2D eigenvalue weighted by Crippen LogP contribution is 2.27. The molecular formula is C20H20N4O5. The van der Waals surface area contributed by atoms with Crippen LogP contribution in [0.5, 0.6) is 5.75 Å². The zero-order valence-corrected chi connectivity index (χ0v) is 16.0. The molecule has 0 unspecified atom stereocenters. The van der Waals surface area contributed by atoms with E-state index in [1.165, 1.54) is 25.1 Å². The summed E-state index contributed by atoms with van der Waals surface area (Å²) in [6.07, 6.45) is 1.33. The normalized spacial score (nSPS) is 10.6. The standard InChI is InChI=1S/C20H20N4O5/c1-28-11-19(26)22-16-8-7-13(29-2)9-17(16)23-18(25)10-24-12-21-15-6-4-3-5-14(15)20(24)27/h3-9,12H,10-11H2,1-2H3,(H,22,26)(H,23,25). The second-order valence-corrected chi connectivity index (χ2v) is 6.14. The minimum atomic E-state index is -0.459. The van der Waals surface area contributed by atoms with Crippen LogP contribution in [-0.4, -0.2) is 42.2 Å². The Morgan fingerprint density at radius 3 is 2.55 bits per heavy atom. The summed E-state index contributed by atoms with van der Waals surface area (Å²) >= 11 is 0. The number of nitrogens with one attached hydrogen (secondary N) is 2. The Labute approximate surface area is 166 Å². The first-order chi connectivity index (χ1) is 14.0. The fourth-order valence-corrected chi connectivity index (χ4v) is 2.74. The SMILES string of the molecule is COCC(=O)Nc1ccc(OC)cc1NC(=O)Cn1cnc2ccccc2c1=O. The van der Waals surface area contributed by atoms with Crippen LogP contribution in [0.4, 0.5) is 11.4 Å². The van der Waals surface area contributed by atoms with E-state index in [2.05, 4.69) is 15.6 Å². The number of hydrogen-bond acceptors (Lipinski definition) is 6. The largest absolute Gasteiger partial charge is 0.497 e. The van der Waals surface area contributed by atoms with E-state index in [-0.39, 0.29) is 24.6 Å². The van der Waals surface area contributed by atoms with E-state index in [0.29, 0.717) is 28.0 Å². The molecule has 9 nitrogen and oxygen atoms in total. The van der Waals surface area contributed by atoms with Crippen LogP contribution >= 0.6 is 0 Å². The summed E-state index contributed by atoms with van der Waals surface area (Å²) in [5.74, 6) is -0.336. The van der Waals surface area contributed by atoms with Gasteiger partial charge in [0.2, 0.25) is 11.8 Å². The maximum absolute atomic E-state index is 12.6. The van der Waals surface area contributed by atoms with E-state index in [0.717, 1.165) is 0 Å². The smallest absolute Gasteiger partial charge is 0.261 e. The Kier molecular flexibility index (Phi) is 6.20. The van der Waals surface area contributed by atoms with Crippen LogP contribution in [0.2, 0.25) is 0 Å². The van der Waals surface area contributed by atoms with Gasteiger partial charge in [-0.2, -0.15) is 0 Å². The topological polar surface area (TPSA) is 112 Å². The lowest BCUT2D eigenvalue weighted by Crippen LogP contribution is -2.28. The van der Waals surface area contributed by atoms with Gasteiger partial charge in [0.15, 0.2) is 0 Å². The van der Waals surface area contributed by atoms with Gasteiger partial charge >= 0.3 is 0 Å². The number of para-hydroxylation sites is 1. The first-order valence-electron chi connectivity index (χ1n) is 8.72. The number of ether oxygens (including phenoxy) is 2. The van der Waals surface area contributed by atoms with Crippen LogP contribution in [0.3, 0.4) is 0 Å². The minimum absolute atomic E-state index is 0.127. The molecule has 1 heterocycles. The molecule has 0 aliphatic heterocycles. The lowest BCUT2D eigenvalue weighted by Gasteiger charge is -2.14. The van der Waals surface area contributed by atoms with Crippen molar-refractivity contribution in [1.82, 2.24) is 9.55 Å². The molecule has 0 fully saturated rings. The molecule has 0 saturated heterocycles. The first kappa shape index (κ1) is 20.0. The summed E-state index contributed by atoms with van der Waals surface area (Å²) in [7, 11) is 2.90. The first-order valence-corrected chi connectivity index (χ1v) is 8.72. The summed E-state index contributed by atoms with van der Waals surface area (Å²) in [4.78, 5) is 41.1. The third kappa shape index (κ3) is 4.77. The molecule has 3 rings (SSSR count). The Morgan fingerprint density at radius 1 is 1.03 bits per heavy atom. The fourth-order valence-electron chi connectivity index (χ4n) is 2.74. The highest BCUT2D eigenvalue weighted by Gasteiger charge is 2.13. The molecule has 3 aromatic rings. The van der Waals surface area contributed by atoms with E-state index in [1.807, 2.05) is 0 Å². The van der Waals surface area contributed by atoms with Crippen LogP contribution in [0.1, 0.15) is 0 Å². The zero-order valence-electron chi connectivity index (χ0n) is 16.0. The Morgan fingerprint density at radius 2 is 1.79 bits per heavy atom. The molecule has 1 aromatic heterocycles. The van der Waals surface area contributed by atoms with Crippen molar-refractivity contribution in [2.75, 3.05) is 31.5 Å². The van der Waals surface area contributed by atoms with Crippen LogP contribution in [0, 0.1) is 0 Å². The number of hydrogen-bond donors (Lipinski definition) is 2. The second-order valence-electron chi connectivity index (χ2n) is 6.14. The van der Waals surface area contributed by atoms with Crippen LogP contribution in [0.15, 0.2) is 53.6 Å². The molecular weight excluding hydrogens is 376 g/mol. The maximum atomic E-state index is 12.6. The zero-order chi connectivity index (χ0) is 20.8. The Hall–Kier alpha value is -3.72. The Balaban J connectivity index is 1.82. The molecule has 0 atom stereocenters. The summed E-state index contributed by atoms with van der Waals surface area (Å²) < 4.78 is 11.2. The van der Waals surface area contributed by atoms with Gasteiger partial charge in [-0.1, -0.05) is 12.1 Å². The van der Waals surface area contributed by atoms with E-state index >= 15 is 0 Å². The summed E-state index contributed by atoms with van der Waals surface area (Å²) in [6, 6.07) is 11.7. The van der Waals surface area contributed by atoms with E-state index < -0.39 is 5.91 Å². The van der Waals surface area contributed by atoms with E-state index in [9.17, 15) is 14.4 Å². The summed E-state index contributed by atoms with van der Waals surface area (Å²) in [5, 5.41) is 5.77. The van der Waals surface area contributed by atoms with E-state index in [4.69, 9.17) is 9.47 Å². The van der Waals surface area contributed by atoms with Crippen LogP contribution < -0.4 is 20.9 Å². The quantitative estimate of drug-likeness (QED) is 0.628. The van der Waals surface area contributed by atoms with Crippen LogP contribution in [-0.2, 0) is 20.9 Å². The number of carbonyl (C=O) groups excluding carboxylic acids is 2. The highest BCUT2D eigenvalue weighted by atomic mass is 16.5. The minimum Gasteiger partial charge on any atom is -0.497 e. The Bertz CT molecular complexity index is 1110. The molecule has 0 radical (unpaired) electrons. The van der Waals surface area contributed by atoms with Crippen molar-refractivity contribution in [3.63, 3.8) is 0 Å². The van der Waals surface area contributed by atoms with Gasteiger partial charge in [-0.15, -0.1) is 0 Å². The van der Waals surface area contributed by atoms with Crippen molar-refractivity contribution in [3.05, 3.63) is 59.1 Å². The van der Waals surface area contributed by atoms with Crippen LogP contribution in [0.25, 0.3) is 10.9 Å². The number of amides is 2. The van der Waals surface area contributed by atoms with Crippen molar-refractivity contribution >= 4 is 34.1 Å². The second kappa shape index (κ2) is 8.98. The number of nitrogens with zero attached hydrogens (tertiary/aromatic N) is 2. The van der Waals surface area contributed by atoms with Crippen molar-refractivity contribution < 1.29 is 19.1 Å². The van der Waals surface area contributed by atoms with Gasteiger partial charge < -0.3 is 20.1 Å². The monoisotopic (exact) mass is 396 g/mol. The average molecular weight is 396 g/mol. The van der Waals surface area contributed by atoms with Gasteiger partial charge in [0.1, 0.15) is 18.9 Å². The number of aromatic nitrogens is 2. The molecule has 150 valence electrons. The highest BCUT2D eigenvalue weighted by molar-refractivity contribution is 6.00. The molecule has 2 aromatic carbocycles. The third-order valence-corrected chi connectivity index (χ3v) is 4.10. The van der Waals surface area contributed by atoms with Gasteiger partial charge in [0.05, 0.1) is 35.7 Å². The van der Waals surface area contributed by atoms with Gasteiger partial charge in [0.25, 0.3) is 5.56 Å². The lowest BCUT2D eigenvalue weighted by atomic mass is 10.2. The van der Waals surface area contributed by atoms with Gasteiger partial charge in [-0.05, 0) is 24.3 Å². The molecule has 0 saturated carbocycles. The molecule has 0 aliphatic rings. The van der Waals surface area contributed by atoms with Gasteiger partial charge in [-0.25, -0.2) is 4.98 Å². The predicted molar refractivity (Wildman–Crippen MR) is 108 cm³/mol. The maximum Gasteiger partial charge on any atom is 0.261 e. The number of rotatable bonds is 7. The number of anilines is 2. The van der Waals surface area contributed by atoms with Gasteiger partial charge in [0, 0.05) is 13.2 Å². The van der Waals surface area contributed by atoms with Crippen molar-refractivity contribution in [2.24, 2.45) is 0 Å². The third-order valence-electron chi connectivity index (χ3n) is 4.10. The molecule has 0 spiro atoms. The molecule has 2 N–H and O–H groups in total. The van der Waals surface area contributed by atoms with Crippen molar-refractivity contribution in [3.8, 4) is 5.75 Å². The predicted octanol–water partition coefficient (Wildman–Crippen LogP) is 1.63. The molecule has 29 heavy (non-hydrogen) atoms. The van der Waals surface area contributed by atoms with Gasteiger partial charge in [-0.3, -0.25) is 19.0 Å². The number of methoxy groups -OCH3 is 2. The number of benzene rings is 2. The van der Waals surface area contributed by atoms with Crippen molar-refractivity contribution in [1.29, 1.82) is 0 Å². The average Bonchev–Trinajstić information content (AvgIpc) is 2.71. The van der Waals surface area contributed by atoms with E-state index in [1.54, 1.807) is 42.5 Å². The lowest BCUT2D eigenvalue weighted by molar-refractivity contribution is -0.119.